The predicted octanol–water partition coefficient (Wildman–Crippen LogP) is 0.505. The van der Waals surface area contributed by atoms with E-state index in [1.54, 1.807) is 6.20 Å². The zero-order valence-electron chi connectivity index (χ0n) is 8.47. The van der Waals surface area contributed by atoms with Gasteiger partial charge in [-0.1, -0.05) is 18.2 Å². The lowest BCUT2D eigenvalue weighted by Gasteiger charge is -2.29. The molecule has 1 aliphatic rings. The molecule has 1 heterocycles. The molecule has 78 valence electrons. The summed E-state index contributed by atoms with van der Waals surface area (Å²) in [5.41, 5.74) is 13.6. The van der Waals surface area contributed by atoms with Gasteiger partial charge in [-0.05, 0) is 11.6 Å². The van der Waals surface area contributed by atoms with Gasteiger partial charge in [-0.25, -0.2) is 0 Å². The molecule has 4 heteroatoms. The predicted molar refractivity (Wildman–Crippen MR) is 59.1 cm³/mol. The van der Waals surface area contributed by atoms with Crippen molar-refractivity contribution in [2.45, 2.75) is 6.04 Å². The summed E-state index contributed by atoms with van der Waals surface area (Å²) in [7, 11) is 1.87. The van der Waals surface area contributed by atoms with Crippen molar-refractivity contribution >= 4 is 11.6 Å². The van der Waals surface area contributed by atoms with Crippen LogP contribution in [0.1, 0.15) is 11.6 Å². The van der Waals surface area contributed by atoms with Crippen LogP contribution < -0.4 is 16.4 Å². The Kier molecular flexibility index (Phi) is 2.21. The molecule has 4 N–H and O–H groups in total. The van der Waals surface area contributed by atoms with Crippen LogP contribution in [0.15, 0.2) is 36.0 Å². The SMILES string of the molecule is CN1C=C(C(N)=O)C(N)c2ccccc21. The standard InChI is InChI=1S/C11H13N3O/c1-14-6-8(11(13)15)10(12)7-4-2-3-5-9(7)14/h2-6,10H,12H2,1H3,(H2,13,15). The van der Waals surface area contributed by atoms with Crippen LogP contribution in [0.2, 0.25) is 0 Å². The highest BCUT2D eigenvalue weighted by Gasteiger charge is 2.25. The molecule has 0 spiro atoms. The van der Waals surface area contributed by atoms with Gasteiger partial charge in [-0.3, -0.25) is 4.79 Å². The van der Waals surface area contributed by atoms with Crippen molar-refractivity contribution in [1.29, 1.82) is 0 Å². The molecule has 1 aromatic carbocycles. The normalized spacial score (nSPS) is 19.5. The van der Waals surface area contributed by atoms with E-state index >= 15 is 0 Å². The zero-order chi connectivity index (χ0) is 11.0. The lowest BCUT2D eigenvalue weighted by molar-refractivity contribution is -0.114. The third-order valence-corrected chi connectivity index (χ3v) is 2.60. The molecule has 0 radical (unpaired) electrons. The smallest absolute Gasteiger partial charge is 0.248 e. The molecule has 1 aliphatic heterocycles. The van der Waals surface area contributed by atoms with Gasteiger partial charge in [0.2, 0.25) is 5.91 Å². The lowest BCUT2D eigenvalue weighted by Crippen LogP contribution is -2.31. The van der Waals surface area contributed by atoms with Crippen LogP contribution in [0.3, 0.4) is 0 Å². The zero-order valence-corrected chi connectivity index (χ0v) is 8.47. The largest absolute Gasteiger partial charge is 0.366 e. The lowest BCUT2D eigenvalue weighted by atomic mass is 9.94. The van der Waals surface area contributed by atoms with Crippen LogP contribution >= 0.6 is 0 Å². The van der Waals surface area contributed by atoms with E-state index in [9.17, 15) is 4.79 Å². The Morgan fingerprint density at radius 2 is 2.07 bits per heavy atom. The number of rotatable bonds is 1. The highest BCUT2D eigenvalue weighted by Crippen LogP contribution is 2.33. The first-order valence-electron chi connectivity index (χ1n) is 4.70. The van der Waals surface area contributed by atoms with Crippen molar-refractivity contribution in [3.8, 4) is 0 Å². The molecule has 4 nitrogen and oxygen atoms in total. The third-order valence-electron chi connectivity index (χ3n) is 2.60. The molecule has 0 bridgehead atoms. The number of carbonyl (C=O) groups excluding carboxylic acids is 1. The highest BCUT2D eigenvalue weighted by molar-refractivity contribution is 5.95. The number of nitrogens with zero attached hydrogens (tertiary/aromatic N) is 1. The molecule has 0 aliphatic carbocycles. The average Bonchev–Trinajstić information content (AvgIpc) is 2.23. The van der Waals surface area contributed by atoms with E-state index in [0.29, 0.717) is 5.57 Å². The molecule has 1 aromatic rings. The Balaban J connectivity index is 2.53. The molecular formula is C11H13N3O. The number of amides is 1. The fourth-order valence-electron chi connectivity index (χ4n) is 1.81. The van der Waals surface area contributed by atoms with E-state index in [-0.39, 0.29) is 0 Å². The number of hydrogen-bond acceptors (Lipinski definition) is 3. The van der Waals surface area contributed by atoms with Crippen molar-refractivity contribution in [1.82, 2.24) is 0 Å². The second kappa shape index (κ2) is 3.40. The Morgan fingerprint density at radius 1 is 1.40 bits per heavy atom. The molecule has 1 amide bonds. The Labute approximate surface area is 88.2 Å². The van der Waals surface area contributed by atoms with Crippen molar-refractivity contribution in [3.63, 3.8) is 0 Å². The van der Waals surface area contributed by atoms with E-state index in [4.69, 9.17) is 11.5 Å². The van der Waals surface area contributed by atoms with E-state index in [2.05, 4.69) is 0 Å². The van der Waals surface area contributed by atoms with Crippen LogP contribution in [-0.4, -0.2) is 13.0 Å². The molecule has 15 heavy (non-hydrogen) atoms. The second-order valence-corrected chi connectivity index (χ2v) is 3.60. The molecular weight excluding hydrogens is 190 g/mol. The summed E-state index contributed by atoms with van der Waals surface area (Å²) >= 11 is 0. The first kappa shape index (κ1) is 9.73. The number of carbonyl (C=O) groups is 1. The Bertz CT molecular complexity index is 439. The summed E-state index contributed by atoms with van der Waals surface area (Å²) in [5.74, 6) is -0.469. The molecule has 0 fully saturated rings. The Hall–Kier alpha value is -1.81. The molecule has 0 saturated heterocycles. The summed E-state index contributed by atoms with van der Waals surface area (Å²) in [5, 5.41) is 0. The number of nitrogens with two attached hydrogens (primary N) is 2. The second-order valence-electron chi connectivity index (χ2n) is 3.60. The van der Waals surface area contributed by atoms with Crippen LogP contribution in [0.25, 0.3) is 0 Å². The number of primary amides is 1. The van der Waals surface area contributed by atoms with Gasteiger partial charge in [-0.15, -0.1) is 0 Å². The number of para-hydroxylation sites is 1. The average molecular weight is 203 g/mol. The van der Waals surface area contributed by atoms with Gasteiger partial charge in [0.15, 0.2) is 0 Å². The van der Waals surface area contributed by atoms with Crippen LogP contribution in [0.4, 0.5) is 5.69 Å². The molecule has 2 rings (SSSR count). The van der Waals surface area contributed by atoms with Gasteiger partial charge < -0.3 is 16.4 Å². The fourth-order valence-corrected chi connectivity index (χ4v) is 1.81. The van der Waals surface area contributed by atoms with Crippen molar-refractivity contribution in [2.75, 3.05) is 11.9 Å². The van der Waals surface area contributed by atoms with Gasteiger partial charge in [0.1, 0.15) is 0 Å². The third kappa shape index (κ3) is 1.49. The van der Waals surface area contributed by atoms with Crippen LogP contribution in [0, 0.1) is 0 Å². The van der Waals surface area contributed by atoms with Gasteiger partial charge in [-0.2, -0.15) is 0 Å². The minimum absolute atomic E-state index is 0.421. The van der Waals surface area contributed by atoms with E-state index < -0.39 is 11.9 Å². The molecule has 0 aromatic heterocycles. The minimum atomic E-state index is -0.469. The van der Waals surface area contributed by atoms with Crippen LogP contribution in [0.5, 0.6) is 0 Å². The topological polar surface area (TPSA) is 72.3 Å². The van der Waals surface area contributed by atoms with E-state index in [1.165, 1.54) is 0 Å². The number of anilines is 1. The summed E-state index contributed by atoms with van der Waals surface area (Å²) in [6, 6.07) is 7.28. The molecule has 1 atom stereocenters. The quantitative estimate of drug-likeness (QED) is 0.698. The maximum absolute atomic E-state index is 11.2. The Morgan fingerprint density at radius 3 is 2.73 bits per heavy atom. The highest BCUT2D eigenvalue weighted by atomic mass is 16.1. The molecule has 1 unspecified atom stereocenters. The van der Waals surface area contributed by atoms with Crippen molar-refractivity contribution in [3.05, 3.63) is 41.6 Å². The first-order valence-corrected chi connectivity index (χ1v) is 4.70. The van der Waals surface area contributed by atoms with Gasteiger partial charge >= 0.3 is 0 Å². The number of fused-ring (bicyclic) bond motifs is 1. The number of benzene rings is 1. The van der Waals surface area contributed by atoms with Crippen LogP contribution in [-0.2, 0) is 4.79 Å². The first-order chi connectivity index (χ1) is 7.11. The summed E-state index contributed by atoms with van der Waals surface area (Å²) < 4.78 is 0. The fraction of sp³-hybridized carbons (Fsp3) is 0.182. The monoisotopic (exact) mass is 203 g/mol. The maximum Gasteiger partial charge on any atom is 0.248 e. The summed E-state index contributed by atoms with van der Waals surface area (Å²) in [6.07, 6.45) is 1.69. The molecule has 0 saturated carbocycles. The van der Waals surface area contributed by atoms with E-state index in [1.807, 2.05) is 36.2 Å². The van der Waals surface area contributed by atoms with Gasteiger partial charge in [0, 0.05) is 18.9 Å². The summed E-state index contributed by atoms with van der Waals surface area (Å²) in [4.78, 5) is 13.0. The van der Waals surface area contributed by atoms with Gasteiger partial charge in [0.25, 0.3) is 0 Å². The van der Waals surface area contributed by atoms with Crippen molar-refractivity contribution < 1.29 is 4.79 Å². The van der Waals surface area contributed by atoms with Gasteiger partial charge in [0.05, 0.1) is 11.6 Å². The maximum atomic E-state index is 11.2. The van der Waals surface area contributed by atoms with Crippen molar-refractivity contribution in [2.24, 2.45) is 11.5 Å². The minimum Gasteiger partial charge on any atom is -0.366 e. The summed E-state index contributed by atoms with van der Waals surface area (Å²) in [6.45, 7) is 0. The van der Waals surface area contributed by atoms with E-state index in [0.717, 1.165) is 11.3 Å². The number of hydrogen-bond donors (Lipinski definition) is 2.